The summed E-state index contributed by atoms with van der Waals surface area (Å²) in [5.41, 5.74) is 5.75. The van der Waals surface area contributed by atoms with Crippen molar-refractivity contribution in [2.24, 2.45) is 17.6 Å². The third kappa shape index (κ3) is 3.04. The summed E-state index contributed by atoms with van der Waals surface area (Å²) in [5, 5.41) is 3.25. The average molecular weight is 253 g/mol. The van der Waals surface area contributed by atoms with Crippen molar-refractivity contribution in [1.29, 1.82) is 0 Å². The van der Waals surface area contributed by atoms with Crippen molar-refractivity contribution in [1.82, 2.24) is 10.2 Å². The van der Waals surface area contributed by atoms with Gasteiger partial charge >= 0.3 is 0 Å². The Morgan fingerprint density at radius 1 is 1.39 bits per heavy atom. The van der Waals surface area contributed by atoms with Crippen LogP contribution in [-0.2, 0) is 4.79 Å². The number of rotatable bonds is 3. The molecule has 104 valence electrons. The Hall–Kier alpha value is -0.610. The molecule has 0 aromatic carbocycles. The van der Waals surface area contributed by atoms with Gasteiger partial charge in [0.2, 0.25) is 5.91 Å². The van der Waals surface area contributed by atoms with Crippen molar-refractivity contribution in [3.8, 4) is 0 Å². The molecule has 1 amide bonds. The van der Waals surface area contributed by atoms with Crippen molar-refractivity contribution >= 4 is 5.91 Å². The molecule has 0 radical (unpaired) electrons. The van der Waals surface area contributed by atoms with E-state index in [0.29, 0.717) is 24.5 Å². The predicted octanol–water partition coefficient (Wildman–Crippen LogP) is 0.960. The second-order valence-electron chi connectivity index (χ2n) is 6.09. The van der Waals surface area contributed by atoms with Gasteiger partial charge in [0.25, 0.3) is 0 Å². The largest absolute Gasteiger partial charge is 0.353 e. The number of amides is 1. The summed E-state index contributed by atoms with van der Waals surface area (Å²) < 4.78 is 0. The van der Waals surface area contributed by atoms with E-state index >= 15 is 0 Å². The maximum Gasteiger partial charge on any atom is 0.223 e. The normalized spacial score (nSPS) is 37.7. The highest BCUT2D eigenvalue weighted by molar-refractivity contribution is 5.79. The van der Waals surface area contributed by atoms with E-state index in [2.05, 4.69) is 24.2 Å². The molecule has 4 nitrogen and oxygen atoms in total. The number of carbonyl (C=O) groups is 1. The Kier molecular flexibility index (Phi) is 4.62. The lowest BCUT2D eigenvalue weighted by Crippen LogP contribution is -2.49. The number of nitrogens with one attached hydrogen (secondary N) is 1. The molecule has 2 fully saturated rings. The first-order valence-electron chi connectivity index (χ1n) is 7.32. The van der Waals surface area contributed by atoms with Gasteiger partial charge in [-0.2, -0.15) is 0 Å². The minimum atomic E-state index is 0.171. The van der Waals surface area contributed by atoms with Crippen molar-refractivity contribution < 1.29 is 4.79 Å². The molecular formula is C14H27N3O. The standard InChI is InChI=1S/C14H27N3O/c1-10-8-12(6-7-17(10)2)16-14(18)13-5-3-4-11(13)9-15/h10-13H,3-9,15H2,1-2H3,(H,16,18)/t10?,11-,12?,13-/m1/s1. The zero-order valence-corrected chi connectivity index (χ0v) is 11.7. The molecular weight excluding hydrogens is 226 g/mol. The maximum atomic E-state index is 12.3. The Labute approximate surface area is 110 Å². The third-order valence-corrected chi connectivity index (χ3v) is 4.85. The van der Waals surface area contributed by atoms with Crippen LogP contribution in [0.1, 0.15) is 39.0 Å². The van der Waals surface area contributed by atoms with Crippen LogP contribution in [0.25, 0.3) is 0 Å². The van der Waals surface area contributed by atoms with Crippen LogP contribution < -0.4 is 11.1 Å². The van der Waals surface area contributed by atoms with Crippen LogP contribution in [0.3, 0.4) is 0 Å². The minimum absolute atomic E-state index is 0.171. The van der Waals surface area contributed by atoms with Gasteiger partial charge in [0.05, 0.1) is 0 Å². The second-order valence-corrected chi connectivity index (χ2v) is 6.09. The molecule has 4 atom stereocenters. The summed E-state index contributed by atoms with van der Waals surface area (Å²) in [7, 11) is 2.16. The van der Waals surface area contributed by atoms with E-state index in [1.54, 1.807) is 0 Å². The molecule has 1 aliphatic carbocycles. The van der Waals surface area contributed by atoms with Gasteiger partial charge in [0.1, 0.15) is 0 Å². The first-order valence-corrected chi connectivity index (χ1v) is 7.32. The number of nitrogens with two attached hydrogens (primary N) is 1. The molecule has 0 aromatic rings. The van der Waals surface area contributed by atoms with Gasteiger partial charge in [0, 0.05) is 24.5 Å². The molecule has 0 spiro atoms. The first kappa shape index (κ1) is 13.8. The second kappa shape index (κ2) is 6.02. The van der Waals surface area contributed by atoms with Gasteiger partial charge in [0.15, 0.2) is 0 Å². The Morgan fingerprint density at radius 3 is 2.83 bits per heavy atom. The molecule has 1 aliphatic heterocycles. The summed E-state index contributed by atoms with van der Waals surface area (Å²) in [6.45, 7) is 3.97. The highest BCUT2D eigenvalue weighted by atomic mass is 16.2. The van der Waals surface area contributed by atoms with E-state index in [0.717, 1.165) is 38.6 Å². The molecule has 18 heavy (non-hydrogen) atoms. The van der Waals surface area contributed by atoms with Crippen LogP contribution in [0, 0.1) is 11.8 Å². The summed E-state index contributed by atoms with van der Waals surface area (Å²) in [4.78, 5) is 14.7. The Balaban J connectivity index is 1.84. The molecule has 1 saturated heterocycles. The summed E-state index contributed by atoms with van der Waals surface area (Å²) in [5.74, 6) is 0.836. The molecule has 1 heterocycles. The lowest BCUT2D eigenvalue weighted by atomic mass is 9.93. The van der Waals surface area contributed by atoms with Crippen LogP contribution in [0.5, 0.6) is 0 Å². The quantitative estimate of drug-likeness (QED) is 0.787. The number of carbonyl (C=O) groups excluding carboxylic acids is 1. The maximum absolute atomic E-state index is 12.3. The van der Waals surface area contributed by atoms with Crippen LogP contribution in [0.4, 0.5) is 0 Å². The number of hydrogen-bond acceptors (Lipinski definition) is 3. The summed E-state index contributed by atoms with van der Waals surface area (Å²) in [6, 6.07) is 0.931. The topological polar surface area (TPSA) is 58.4 Å². The van der Waals surface area contributed by atoms with Crippen molar-refractivity contribution in [3.05, 3.63) is 0 Å². The number of likely N-dealkylation sites (tertiary alicyclic amines) is 1. The fourth-order valence-corrected chi connectivity index (χ4v) is 3.39. The smallest absolute Gasteiger partial charge is 0.223 e. The van der Waals surface area contributed by atoms with E-state index in [4.69, 9.17) is 5.73 Å². The van der Waals surface area contributed by atoms with Crippen LogP contribution >= 0.6 is 0 Å². The minimum Gasteiger partial charge on any atom is -0.353 e. The summed E-state index contributed by atoms with van der Waals surface area (Å²) >= 11 is 0. The van der Waals surface area contributed by atoms with Crippen molar-refractivity contribution in [2.75, 3.05) is 20.1 Å². The number of piperidine rings is 1. The zero-order valence-electron chi connectivity index (χ0n) is 11.7. The monoisotopic (exact) mass is 253 g/mol. The van der Waals surface area contributed by atoms with Crippen LogP contribution in [0.15, 0.2) is 0 Å². The molecule has 1 saturated carbocycles. The van der Waals surface area contributed by atoms with E-state index in [-0.39, 0.29) is 11.8 Å². The van der Waals surface area contributed by atoms with Gasteiger partial charge in [-0.05, 0) is 52.1 Å². The van der Waals surface area contributed by atoms with Gasteiger partial charge in [-0.15, -0.1) is 0 Å². The van der Waals surface area contributed by atoms with Crippen LogP contribution in [0.2, 0.25) is 0 Å². The van der Waals surface area contributed by atoms with Gasteiger partial charge in [-0.25, -0.2) is 0 Å². The highest BCUT2D eigenvalue weighted by Gasteiger charge is 2.33. The van der Waals surface area contributed by atoms with Crippen molar-refractivity contribution in [2.45, 2.75) is 51.1 Å². The molecule has 0 bridgehead atoms. The average Bonchev–Trinajstić information content (AvgIpc) is 2.82. The first-order chi connectivity index (χ1) is 8.61. The lowest BCUT2D eigenvalue weighted by molar-refractivity contribution is -0.127. The fraction of sp³-hybridized carbons (Fsp3) is 0.929. The van der Waals surface area contributed by atoms with Crippen LogP contribution in [-0.4, -0.2) is 43.0 Å². The number of nitrogens with zero attached hydrogens (tertiary/aromatic N) is 1. The molecule has 2 rings (SSSR count). The third-order valence-electron chi connectivity index (χ3n) is 4.85. The van der Waals surface area contributed by atoms with Crippen molar-refractivity contribution in [3.63, 3.8) is 0 Å². The van der Waals surface area contributed by atoms with E-state index in [1.165, 1.54) is 0 Å². The fourth-order valence-electron chi connectivity index (χ4n) is 3.39. The molecule has 4 heteroatoms. The molecule has 2 aliphatic rings. The van der Waals surface area contributed by atoms with Gasteiger partial charge in [-0.3, -0.25) is 4.79 Å². The van der Waals surface area contributed by atoms with E-state index < -0.39 is 0 Å². The van der Waals surface area contributed by atoms with Gasteiger partial charge in [-0.1, -0.05) is 6.42 Å². The molecule has 3 N–H and O–H groups in total. The highest BCUT2D eigenvalue weighted by Crippen LogP contribution is 2.31. The van der Waals surface area contributed by atoms with Gasteiger partial charge < -0.3 is 16.0 Å². The van der Waals surface area contributed by atoms with E-state index in [1.807, 2.05) is 0 Å². The number of hydrogen-bond donors (Lipinski definition) is 2. The Bertz CT molecular complexity index is 295. The zero-order chi connectivity index (χ0) is 13.1. The predicted molar refractivity (Wildman–Crippen MR) is 73.1 cm³/mol. The Morgan fingerprint density at radius 2 is 2.17 bits per heavy atom. The molecule has 0 aromatic heterocycles. The van der Waals surface area contributed by atoms with E-state index in [9.17, 15) is 4.79 Å². The lowest BCUT2D eigenvalue weighted by Gasteiger charge is -2.36. The summed E-state index contributed by atoms with van der Waals surface area (Å²) in [6.07, 6.45) is 5.45. The molecule has 2 unspecified atom stereocenters. The SMILES string of the molecule is CC1CC(NC(=O)[C@@H]2CCC[C@@H]2CN)CCN1C.